The van der Waals surface area contributed by atoms with Gasteiger partial charge in [0, 0.05) is 31.2 Å². The van der Waals surface area contributed by atoms with Gasteiger partial charge in [-0.15, -0.1) is 0 Å². The third-order valence-electron chi connectivity index (χ3n) is 8.21. The number of likely N-dealkylation sites (tertiary alicyclic amines) is 3. The van der Waals surface area contributed by atoms with Gasteiger partial charge in [-0.3, -0.25) is 19.3 Å². The van der Waals surface area contributed by atoms with Gasteiger partial charge in [0.05, 0.1) is 18.2 Å². The van der Waals surface area contributed by atoms with Gasteiger partial charge in [-0.25, -0.2) is 4.79 Å². The van der Waals surface area contributed by atoms with Crippen LogP contribution in [0.1, 0.15) is 74.0 Å². The molecule has 0 unspecified atom stereocenters. The smallest absolute Gasteiger partial charge is 0.408 e. The van der Waals surface area contributed by atoms with Crippen LogP contribution in [0.5, 0.6) is 0 Å². The van der Waals surface area contributed by atoms with Gasteiger partial charge in [0.15, 0.2) is 0 Å². The summed E-state index contributed by atoms with van der Waals surface area (Å²) in [5.74, 6) is -0.776. The number of rotatable bonds is 6. The van der Waals surface area contributed by atoms with E-state index < -0.39 is 29.7 Å². The maximum Gasteiger partial charge on any atom is 0.408 e. The number of aryl methyl sites for hydroxylation is 1. The van der Waals surface area contributed by atoms with Crippen molar-refractivity contribution in [3.63, 3.8) is 0 Å². The number of nitrogens with zero attached hydrogens (tertiary/aromatic N) is 4. The second kappa shape index (κ2) is 10.2. The van der Waals surface area contributed by atoms with Gasteiger partial charge in [-0.2, -0.15) is 5.26 Å². The maximum absolute atomic E-state index is 13.6. The number of benzene rings is 1. The Morgan fingerprint density at radius 2 is 2.00 bits per heavy atom. The van der Waals surface area contributed by atoms with E-state index in [9.17, 15) is 24.4 Å². The van der Waals surface area contributed by atoms with Gasteiger partial charge in [0.2, 0.25) is 17.7 Å². The van der Waals surface area contributed by atoms with Gasteiger partial charge in [0.1, 0.15) is 17.7 Å². The molecule has 11 heteroatoms. The molecule has 1 aromatic carbocycles. The van der Waals surface area contributed by atoms with E-state index in [4.69, 9.17) is 10.5 Å². The van der Waals surface area contributed by atoms with Crippen LogP contribution in [0.2, 0.25) is 0 Å². The molecular weight excluding hydrogens is 500 g/mol. The van der Waals surface area contributed by atoms with Crippen LogP contribution in [0.15, 0.2) is 18.2 Å². The Labute approximate surface area is 228 Å². The van der Waals surface area contributed by atoms with Crippen molar-refractivity contribution in [2.45, 2.75) is 88.7 Å². The summed E-state index contributed by atoms with van der Waals surface area (Å²) >= 11 is 0. The summed E-state index contributed by atoms with van der Waals surface area (Å²) in [6, 6.07) is 5.74. The van der Waals surface area contributed by atoms with Crippen molar-refractivity contribution in [1.29, 1.82) is 5.26 Å². The summed E-state index contributed by atoms with van der Waals surface area (Å²) in [6.45, 7) is 6.45. The first-order valence-corrected chi connectivity index (χ1v) is 13.7. The molecule has 4 aliphatic rings. The Morgan fingerprint density at radius 3 is 2.67 bits per heavy atom. The number of amides is 4. The Morgan fingerprint density at radius 1 is 1.23 bits per heavy atom. The minimum atomic E-state index is -0.936. The van der Waals surface area contributed by atoms with E-state index >= 15 is 0 Å². The number of fused-ring (bicyclic) bond motifs is 3. The molecule has 0 radical (unpaired) electrons. The van der Waals surface area contributed by atoms with Crippen LogP contribution >= 0.6 is 0 Å². The fourth-order valence-corrected chi connectivity index (χ4v) is 6.57. The Bertz CT molecular complexity index is 1240. The largest absolute Gasteiger partial charge is 0.444 e. The number of nitrogens with one attached hydrogen (secondary N) is 1. The van der Waals surface area contributed by atoms with Crippen molar-refractivity contribution in [1.82, 2.24) is 20.0 Å². The summed E-state index contributed by atoms with van der Waals surface area (Å²) in [6.07, 6.45) is 2.85. The van der Waals surface area contributed by atoms with Crippen LogP contribution in [-0.2, 0) is 20.7 Å². The maximum atomic E-state index is 13.6. The molecule has 3 aliphatic heterocycles. The van der Waals surface area contributed by atoms with Crippen molar-refractivity contribution in [3.05, 3.63) is 34.9 Å². The average molecular weight is 537 g/mol. The van der Waals surface area contributed by atoms with E-state index in [2.05, 4.69) is 11.4 Å². The number of alkyl carbamates (subject to hydrolysis) is 1. The van der Waals surface area contributed by atoms with Gasteiger partial charge in [-0.1, -0.05) is 6.07 Å². The van der Waals surface area contributed by atoms with Gasteiger partial charge in [0.25, 0.3) is 0 Å². The number of nitrogens with two attached hydrogens (primary N) is 1. The second-order valence-corrected chi connectivity index (χ2v) is 12.0. The Balaban J connectivity index is 1.30. The van der Waals surface area contributed by atoms with E-state index in [1.165, 1.54) is 4.90 Å². The molecule has 2 bridgehead atoms. The SMILES string of the molecule is CC(C)(C)OC(=O)N[C@@H](CN1C[C@H]2C[C@@H]1C(=O)N2[C@H]1CCc2cc(C(N)=O)ccc21)C(=O)N1CCC[C@H]1C#N. The molecule has 4 amide bonds. The van der Waals surface area contributed by atoms with Crippen molar-refractivity contribution < 1.29 is 23.9 Å². The van der Waals surface area contributed by atoms with Crippen molar-refractivity contribution in [2.24, 2.45) is 5.73 Å². The molecule has 11 nitrogen and oxygen atoms in total. The predicted molar refractivity (Wildman–Crippen MR) is 140 cm³/mol. The molecule has 3 saturated heterocycles. The summed E-state index contributed by atoms with van der Waals surface area (Å²) < 4.78 is 5.41. The molecule has 3 N–H and O–H groups in total. The van der Waals surface area contributed by atoms with E-state index in [0.29, 0.717) is 31.5 Å². The fraction of sp³-hybridized carbons (Fsp3) is 0.607. The predicted octanol–water partition coefficient (Wildman–Crippen LogP) is 1.47. The van der Waals surface area contributed by atoms with E-state index in [1.807, 2.05) is 21.9 Å². The van der Waals surface area contributed by atoms with Crippen molar-refractivity contribution >= 4 is 23.8 Å². The van der Waals surface area contributed by atoms with E-state index in [0.717, 1.165) is 30.4 Å². The third-order valence-corrected chi connectivity index (χ3v) is 8.21. The lowest BCUT2D eigenvalue weighted by Gasteiger charge is -2.39. The number of carbonyl (C=O) groups is 4. The highest BCUT2D eigenvalue weighted by Gasteiger charge is 2.53. The minimum Gasteiger partial charge on any atom is -0.444 e. The van der Waals surface area contributed by atoms with Crippen molar-refractivity contribution in [2.75, 3.05) is 19.6 Å². The van der Waals surface area contributed by atoms with Crippen LogP contribution in [-0.4, -0.2) is 87.9 Å². The summed E-state index contributed by atoms with van der Waals surface area (Å²) in [4.78, 5) is 56.9. The molecule has 1 aromatic rings. The number of piperazine rings is 1. The quantitative estimate of drug-likeness (QED) is 0.559. The zero-order valence-electron chi connectivity index (χ0n) is 22.7. The number of nitriles is 1. The fourth-order valence-electron chi connectivity index (χ4n) is 6.57. The van der Waals surface area contributed by atoms with Crippen molar-refractivity contribution in [3.8, 4) is 6.07 Å². The summed E-state index contributed by atoms with van der Waals surface area (Å²) in [5.41, 5.74) is 7.29. The highest BCUT2D eigenvalue weighted by atomic mass is 16.6. The van der Waals surface area contributed by atoms with Crippen LogP contribution in [0.3, 0.4) is 0 Å². The molecule has 1 aliphatic carbocycles. The molecule has 208 valence electrons. The lowest BCUT2D eigenvalue weighted by molar-refractivity contribution is -0.141. The average Bonchev–Trinajstić information content (AvgIpc) is 3.64. The zero-order chi connectivity index (χ0) is 28.1. The third kappa shape index (κ3) is 5.17. The van der Waals surface area contributed by atoms with Gasteiger partial charge >= 0.3 is 6.09 Å². The lowest BCUT2D eigenvalue weighted by atomic mass is 10.0. The standard InChI is InChI=1S/C28H36N6O5/c1-28(2,3)39-27(38)31-21(25(36)33-10-4-5-18(33)13-29)15-32-14-19-12-23(32)26(37)34(19)22-9-7-16-11-17(24(30)35)6-8-20(16)22/h6,8,11,18-19,21-23H,4-5,7,9-10,12,14-15H2,1-3H3,(H2,30,35)(H,31,38)/t18-,19+,21-,22-,23+/m0/s1. The molecule has 3 heterocycles. The minimum absolute atomic E-state index is 0.00908. The molecule has 5 atom stereocenters. The topological polar surface area (TPSA) is 149 Å². The number of hydrogen-bond donors (Lipinski definition) is 2. The van der Waals surface area contributed by atoms with Crippen LogP contribution < -0.4 is 11.1 Å². The van der Waals surface area contributed by atoms with Crippen LogP contribution in [0.25, 0.3) is 0 Å². The Hall–Kier alpha value is -3.65. The molecular formula is C28H36N6O5. The molecule has 39 heavy (non-hydrogen) atoms. The van der Waals surface area contributed by atoms with Gasteiger partial charge < -0.3 is 25.6 Å². The van der Waals surface area contributed by atoms with Gasteiger partial charge in [-0.05, 0) is 76.1 Å². The van der Waals surface area contributed by atoms with Crippen LogP contribution in [0, 0.1) is 11.3 Å². The number of ether oxygens (including phenoxy) is 1. The lowest BCUT2D eigenvalue weighted by Crippen LogP contribution is -2.59. The van der Waals surface area contributed by atoms with E-state index in [1.54, 1.807) is 26.8 Å². The molecule has 3 fully saturated rings. The van der Waals surface area contributed by atoms with Crippen LogP contribution in [0.4, 0.5) is 4.79 Å². The monoisotopic (exact) mass is 536 g/mol. The highest BCUT2D eigenvalue weighted by molar-refractivity contribution is 5.93. The zero-order valence-corrected chi connectivity index (χ0v) is 22.7. The molecule has 5 rings (SSSR count). The number of primary amides is 1. The first kappa shape index (κ1) is 26.9. The number of hydrogen-bond acceptors (Lipinski definition) is 7. The normalized spacial score (nSPS) is 26.9. The second-order valence-electron chi connectivity index (χ2n) is 12.0. The summed E-state index contributed by atoms with van der Waals surface area (Å²) in [7, 11) is 0. The van der Waals surface area contributed by atoms with E-state index in [-0.39, 0.29) is 36.5 Å². The Kier molecular flexibility index (Phi) is 7.01. The first-order chi connectivity index (χ1) is 18.5. The molecule has 0 saturated carbocycles. The molecule has 0 spiro atoms. The molecule has 0 aromatic heterocycles. The summed E-state index contributed by atoms with van der Waals surface area (Å²) in [5, 5.41) is 12.2. The first-order valence-electron chi connectivity index (χ1n) is 13.7. The highest BCUT2D eigenvalue weighted by Crippen LogP contribution is 2.44. The number of carbonyl (C=O) groups excluding carboxylic acids is 4.